The number of likely N-dealkylation sites (tertiary alicyclic amines) is 1. The first-order chi connectivity index (χ1) is 12.9. The van der Waals surface area contributed by atoms with Crippen LogP contribution >= 0.6 is 36.6 Å². The lowest BCUT2D eigenvalue weighted by Crippen LogP contribution is -2.43. The second-order valence-electron chi connectivity index (χ2n) is 7.55. The van der Waals surface area contributed by atoms with Gasteiger partial charge in [-0.05, 0) is 61.0 Å². The maximum absolute atomic E-state index is 2.61. The van der Waals surface area contributed by atoms with Crippen LogP contribution in [0.3, 0.4) is 0 Å². The molecule has 0 spiro atoms. The third-order valence-corrected chi connectivity index (χ3v) is 6.64. The van der Waals surface area contributed by atoms with Crippen LogP contribution in [-0.4, -0.2) is 40.5 Å². The monoisotopic (exact) mass is 435 g/mol. The van der Waals surface area contributed by atoms with Gasteiger partial charge >= 0.3 is 0 Å². The van der Waals surface area contributed by atoms with Crippen LogP contribution in [-0.2, 0) is 6.54 Å². The van der Waals surface area contributed by atoms with Crippen LogP contribution in [0.2, 0.25) is 0 Å². The molecule has 0 amide bonds. The summed E-state index contributed by atoms with van der Waals surface area (Å²) in [4.78, 5) is 7.63. The van der Waals surface area contributed by atoms with Crippen LogP contribution in [0, 0.1) is 5.92 Å². The Bertz CT molecular complexity index is 782. The van der Waals surface area contributed by atoms with E-state index in [1.807, 2.05) is 11.8 Å². The normalized spacial score (nSPS) is 23.5. The maximum atomic E-state index is 2.61. The van der Waals surface area contributed by atoms with Gasteiger partial charge in [0.25, 0.3) is 0 Å². The summed E-state index contributed by atoms with van der Waals surface area (Å²) in [5, 5.41) is 3.56. The quantitative estimate of drug-likeness (QED) is 0.642. The first-order valence-electron chi connectivity index (χ1n) is 9.61. The predicted molar refractivity (Wildman–Crippen MR) is 123 cm³/mol. The number of rotatable bonds is 4. The van der Waals surface area contributed by atoms with Gasteiger partial charge in [0, 0.05) is 19.3 Å². The van der Waals surface area contributed by atoms with Gasteiger partial charge in [-0.1, -0.05) is 48.2 Å². The van der Waals surface area contributed by atoms with Gasteiger partial charge in [0.1, 0.15) is 6.17 Å². The molecule has 1 aromatic carbocycles. The highest BCUT2D eigenvalue weighted by Crippen LogP contribution is 2.41. The molecule has 0 N–H and O–H groups in total. The Morgan fingerprint density at radius 1 is 1.04 bits per heavy atom. The molecule has 150 valence electrons. The highest BCUT2D eigenvalue weighted by atomic mass is 35.5. The summed E-state index contributed by atoms with van der Waals surface area (Å²) in [6, 6.07) is 10.9. The lowest BCUT2D eigenvalue weighted by molar-refractivity contribution is 0.135. The number of benzene rings is 1. The van der Waals surface area contributed by atoms with Crippen molar-refractivity contribution in [1.82, 2.24) is 14.7 Å². The number of thioether (sulfide) groups is 1. The molecule has 6 heteroatoms. The van der Waals surface area contributed by atoms with Crippen LogP contribution in [0.4, 0.5) is 0 Å². The van der Waals surface area contributed by atoms with Crippen LogP contribution in [0.15, 0.2) is 77.0 Å². The second-order valence-corrected chi connectivity index (χ2v) is 8.48. The first-order valence-corrected chi connectivity index (χ1v) is 10.5. The molecule has 0 aliphatic carbocycles. The third-order valence-electron chi connectivity index (χ3n) is 5.79. The van der Waals surface area contributed by atoms with Crippen molar-refractivity contribution in [2.45, 2.75) is 25.6 Å². The van der Waals surface area contributed by atoms with Crippen molar-refractivity contribution in [3.8, 4) is 0 Å². The largest absolute Gasteiger partial charge is 0.352 e. The molecule has 5 rings (SSSR count). The van der Waals surface area contributed by atoms with Crippen LogP contribution in [0.25, 0.3) is 0 Å². The maximum Gasteiger partial charge on any atom is 0.126 e. The fourth-order valence-corrected chi connectivity index (χ4v) is 5.23. The molecule has 1 saturated heterocycles. The highest BCUT2D eigenvalue weighted by Gasteiger charge is 2.35. The molecule has 0 bridgehead atoms. The Kier molecular flexibility index (Phi) is 7.21. The zero-order chi connectivity index (χ0) is 17.3. The molecular formula is C22H27Cl2N3S. The molecule has 3 nitrogen and oxygen atoms in total. The van der Waals surface area contributed by atoms with Crippen molar-refractivity contribution in [3.63, 3.8) is 0 Å². The predicted octanol–water partition coefficient (Wildman–Crippen LogP) is 5.20. The van der Waals surface area contributed by atoms with Crippen LogP contribution in [0.5, 0.6) is 0 Å². The summed E-state index contributed by atoms with van der Waals surface area (Å²) in [6.45, 7) is 4.70. The second kappa shape index (κ2) is 9.45. The Hall–Kier alpha value is -1.33. The molecule has 0 aromatic heterocycles. The van der Waals surface area contributed by atoms with E-state index >= 15 is 0 Å². The average molecular weight is 436 g/mol. The topological polar surface area (TPSA) is 9.72 Å². The van der Waals surface area contributed by atoms with Gasteiger partial charge in [0.15, 0.2) is 0 Å². The molecule has 4 aliphatic rings. The fourth-order valence-electron chi connectivity index (χ4n) is 4.40. The van der Waals surface area contributed by atoms with Gasteiger partial charge in [-0.2, -0.15) is 0 Å². The summed E-state index contributed by atoms with van der Waals surface area (Å²) in [6.07, 6.45) is 14.4. The van der Waals surface area contributed by atoms with E-state index in [9.17, 15) is 0 Å². The number of halogens is 2. The van der Waals surface area contributed by atoms with E-state index in [-0.39, 0.29) is 24.8 Å². The molecule has 1 atom stereocenters. The van der Waals surface area contributed by atoms with Gasteiger partial charge in [0.05, 0.1) is 10.7 Å². The lowest BCUT2D eigenvalue weighted by atomic mass is 9.95. The van der Waals surface area contributed by atoms with E-state index in [1.165, 1.54) is 48.8 Å². The standard InChI is InChI=1S/C22H25N3S.2ClH/c1-2-5-18(6-3-1)15-23-12-9-19(10-13-23)16-24-17-20-11-14-26-22-8-4-7-21(24)25(20)22;;/h1-8,11,14,17,19,21H,9-10,12-13,15-16H2;2*1H. The third kappa shape index (κ3) is 4.30. The molecule has 4 aliphatic heterocycles. The van der Waals surface area contributed by atoms with Crippen molar-refractivity contribution >= 4 is 36.6 Å². The van der Waals surface area contributed by atoms with Crippen molar-refractivity contribution in [2.24, 2.45) is 5.92 Å². The van der Waals surface area contributed by atoms with E-state index in [4.69, 9.17) is 0 Å². The van der Waals surface area contributed by atoms with E-state index in [2.05, 4.69) is 80.9 Å². The summed E-state index contributed by atoms with van der Waals surface area (Å²) >= 11 is 1.82. The minimum absolute atomic E-state index is 0. The lowest BCUT2D eigenvalue weighted by Gasteiger charge is -2.38. The zero-order valence-corrected chi connectivity index (χ0v) is 18.3. The minimum Gasteiger partial charge on any atom is -0.352 e. The van der Waals surface area contributed by atoms with Gasteiger partial charge in [0.2, 0.25) is 0 Å². The van der Waals surface area contributed by atoms with Gasteiger partial charge < -0.3 is 9.80 Å². The van der Waals surface area contributed by atoms with E-state index in [1.54, 1.807) is 0 Å². The summed E-state index contributed by atoms with van der Waals surface area (Å²) in [5.41, 5.74) is 2.77. The van der Waals surface area contributed by atoms with Gasteiger partial charge in [-0.3, -0.25) is 4.90 Å². The average Bonchev–Trinajstić information content (AvgIpc) is 3.04. The fraction of sp³-hybridized carbons (Fsp3) is 0.364. The molecule has 4 heterocycles. The molecular weight excluding hydrogens is 409 g/mol. The van der Waals surface area contributed by atoms with Gasteiger partial charge in [-0.15, -0.1) is 24.8 Å². The Balaban J connectivity index is 0.00000112. The van der Waals surface area contributed by atoms with Crippen LogP contribution < -0.4 is 0 Å². The number of hydrogen-bond acceptors (Lipinski definition) is 4. The van der Waals surface area contributed by atoms with Gasteiger partial charge in [-0.25, -0.2) is 0 Å². The van der Waals surface area contributed by atoms with Crippen molar-refractivity contribution in [3.05, 3.63) is 82.5 Å². The molecule has 1 unspecified atom stereocenters. The van der Waals surface area contributed by atoms with Crippen molar-refractivity contribution in [1.29, 1.82) is 0 Å². The van der Waals surface area contributed by atoms with E-state index in [0.29, 0.717) is 6.17 Å². The Morgan fingerprint density at radius 3 is 2.61 bits per heavy atom. The number of allylic oxidation sites excluding steroid dienone is 3. The number of nitrogens with zero attached hydrogens (tertiary/aromatic N) is 3. The SMILES string of the molecule is C1=CC2N(CC3CCN(Cc4ccccc4)CC3)C=C3C=CSC(=C1)N32.Cl.Cl. The van der Waals surface area contributed by atoms with Crippen molar-refractivity contribution < 1.29 is 0 Å². The molecule has 1 aromatic rings. The highest BCUT2D eigenvalue weighted by molar-refractivity contribution is 8.05. The molecule has 0 saturated carbocycles. The molecule has 28 heavy (non-hydrogen) atoms. The molecule has 0 radical (unpaired) electrons. The Labute approximate surface area is 184 Å². The van der Waals surface area contributed by atoms with Crippen molar-refractivity contribution in [2.75, 3.05) is 19.6 Å². The summed E-state index contributed by atoms with van der Waals surface area (Å²) in [7, 11) is 0. The molecule has 1 fully saturated rings. The Morgan fingerprint density at radius 2 is 1.82 bits per heavy atom. The minimum atomic E-state index is 0. The first kappa shape index (κ1) is 21.4. The summed E-state index contributed by atoms with van der Waals surface area (Å²) in [5.74, 6) is 0.791. The van der Waals surface area contributed by atoms with E-state index < -0.39 is 0 Å². The number of hydrogen-bond donors (Lipinski definition) is 0. The zero-order valence-electron chi connectivity index (χ0n) is 15.8. The number of piperidine rings is 1. The van der Waals surface area contributed by atoms with Crippen LogP contribution in [0.1, 0.15) is 18.4 Å². The smallest absolute Gasteiger partial charge is 0.126 e. The summed E-state index contributed by atoms with van der Waals surface area (Å²) < 4.78 is 0. The van der Waals surface area contributed by atoms with E-state index in [0.717, 1.165) is 12.5 Å².